The second-order valence-corrected chi connectivity index (χ2v) is 8.80. The molecule has 0 spiro atoms. The number of nitrogens with zero attached hydrogens (tertiary/aromatic N) is 3. The molecule has 4 rings (SSSR count). The molecule has 0 saturated carbocycles. The van der Waals surface area contributed by atoms with E-state index in [4.69, 9.17) is 9.47 Å². The number of anilines is 1. The van der Waals surface area contributed by atoms with Crippen molar-refractivity contribution in [3.63, 3.8) is 0 Å². The lowest BCUT2D eigenvalue weighted by Crippen LogP contribution is -2.20. The van der Waals surface area contributed by atoms with Gasteiger partial charge in [0.05, 0.1) is 11.3 Å². The summed E-state index contributed by atoms with van der Waals surface area (Å²) in [6.45, 7) is 5.42. The maximum atomic E-state index is 12.5. The topological polar surface area (TPSA) is 112 Å². The second kappa shape index (κ2) is 9.84. The Morgan fingerprint density at radius 3 is 2.68 bits per heavy atom. The fourth-order valence-electron chi connectivity index (χ4n) is 3.12. The summed E-state index contributed by atoms with van der Waals surface area (Å²) in [6, 6.07) is 13.3. The number of aryl methyl sites for hydroxylation is 3. The number of aromatic nitrogens is 3. The Kier molecular flexibility index (Phi) is 6.69. The Hall–Kier alpha value is -4.05. The number of ether oxygens (including phenoxy) is 2. The number of hydrogen-bond acceptors (Lipinski definition) is 8. The van der Waals surface area contributed by atoms with Gasteiger partial charge in [-0.05, 0) is 62.2 Å². The predicted octanol–water partition coefficient (Wildman–Crippen LogP) is 3.45. The van der Waals surface area contributed by atoms with Gasteiger partial charge in [0, 0.05) is 11.8 Å². The third-order valence-corrected chi connectivity index (χ3v) is 5.80. The van der Waals surface area contributed by atoms with Gasteiger partial charge in [0.25, 0.3) is 11.5 Å². The van der Waals surface area contributed by atoms with E-state index in [2.05, 4.69) is 15.4 Å². The van der Waals surface area contributed by atoms with Crippen LogP contribution in [0.3, 0.4) is 0 Å². The summed E-state index contributed by atoms with van der Waals surface area (Å²) in [7, 11) is 0. The molecule has 0 aliphatic heterocycles. The summed E-state index contributed by atoms with van der Waals surface area (Å²) in [5.74, 6) is -0.359. The van der Waals surface area contributed by atoms with E-state index in [1.165, 1.54) is 28.0 Å². The van der Waals surface area contributed by atoms with Crippen LogP contribution in [0.5, 0.6) is 5.75 Å². The van der Waals surface area contributed by atoms with Crippen molar-refractivity contribution >= 4 is 33.9 Å². The van der Waals surface area contributed by atoms with Gasteiger partial charge in [-0.15, -0.1) is 0 Å². The monoisotopic (exact) mass is 478 g/mol. The molecule has 174 valence electrons. The highest BCUT2D eigenvalue weighted by atomic mass is 32.1. The van der Waals surface area contributed by atoms with Crippen LogP contribution in [0, 0.1) is 20.8 Å². The molecule has 0 fully saturated rings. The first kappa shape index (κ1) is 23.1. The Labute approximate surface area is 199 Å². The summed E-state index contributed by atoms with van der Waals surface area (Å²) in [6.07, 6.45) is 0. The zero-order chi connectivity index (χ0) is 24.2. The van der Waals surface area contributed by atoms with Crippen LogP contribution in [-0.4, -0.2) is 33.1 Å². The average molecular weight is 479 g/mol. The molecule has 10 heteroatoms. The quantitative estimate of drug-likeness (QED) is 0.405. The van der Waals surface area contributed by atoms with Gasteiger partial charge in [-0.1, -0.05) is 23.5 Å². The molecule has 2 aromatic carbocycles. The molecule has 0 aliphatic carbocycles. The fraction of sp³-hybridized carbons (Fsp3) is 0.208. The lowest BCUT2D eigenvalue weighted by molar-refractivity contribution is -0.118. The molecule has 1 N–H and O–H groups in total. The molecule has 9 nitrogen and oxygen atoms in total. The first-order valence-electron chi connectivity index (χ1n) is 10.4. The van der Waals surface area contributed by atoms with Crippen molar-refractivity contribution in [3.8, 4) is 5.75 Å². The van der Waals surface area contributed by atoms with Crippen molar-refractivity contribution in [2.45, 2.75) is 27.4 Å². The second-order valence-electron chi connectivity index (χ2n) is 7.64. The third-order valence-electron chi connectivity index (χ3n) is 4.98. The highest BCUT2D eigenvalue weighted by Crippen LogP contribution is 2.17. The molecule has 0 aliphatic rings. The van der Waals surface area contributed by atoms with Gasteiger partial charge < -0.3 is 14.8 Å². The van der Waals surface area contributed by atoms with Crippen molar-refractivity contribution in [2.75, 3.05) is 11.9 Å². The molecule has 0 saturated heterocycles. The van der Waals surface area contributed by atoms with Gasteiger partial charge in [0.15, 0.2) is 6.61 Å². The maximum absolute atomic E-state index is 12.5. The van der Waals surface area contributed by atoms with E-state index < -0.39 is 5.97 Å². The van der Waals surface area contributed by atoms with Crippen molar-refractivity contribution < 1.29 is 19.1 Å². The van der Waals surface area contributed by atoms with Crippen LogP contribution in [0.25, 0.3) is 4.96 Å². The number of carbonyl (C=O) groups excluding carboxylic acids is 2. The number of carbonyl (C=O) groups is 2. The summed E-state index contributed by atoms with van der Waals surface area (Å²) < 4.78 is 12.1. The number of amides is 1. The zero-order valence-electron chi connectivity index (χ0n) is 18.8. The van der Waals surface area contributed by atoms with Gasteiger partial charge in [-0.25, -0.2) is 9.78 Å². The molecular formula is C24H22N4O5S. The molecular weight excluding hydrogens is 456 g/mol. The normalized spacial score (nSPS) is 10.8. The highest BCUT2D eigenvalue weighted by molar-refractivity contribution is 7.16. The molecule has 2 heterocycles. The lowest BCUT2D eigenvalue weighted by Gasteiger charge is -2.10. The minimum atomic E-state index is -0.607. The number of fused-ring (bicyclic) bond motifs is 1. The Bertz CT molecular complexity index is 1440. The van der Waals surface area contributed by atoms with Crippen LogP contribution in [-0.2, 0) is 16.1 Å². The van der Waals surface area contributed by atoms with E-state index in [1.807, 2.05) is 32.0 Å². The summed E-state index contributed by atoms with van der Waals surface area (Å²) in [5.41, 5.74) is 2.89. The van der Waals surface area contributed by atoms with Crippen molar-refractivity contribution in [1.29, 1.82) is 0 Å². The molecule has 34 heavy (non-hydrogen) atoms. The Balaban J connectivity index is 1.35. The van der Waals surface area contributed by atoms with Crippen LogP contribution in [0.15, 0.2) is 53.3 Å². The SMILES string of the molecule is Cc1nn2c(=O)cc(COC(=O)c3cccc(NC(=O)COc4ccc(C)c(C)c4)c3)nc2s1. The van der Waals surface area contributed by atoms with Crippen LogP contribution in [0.4, 0.5) is 5.69 Å². The van der Waals surface area contributed by atoms with E-state index in [0.717, 1.165) is 11.1 Å². The van der Waals surface area contributed by atoms with Crippen LogP contribution < -0.4 is 15.6 Å². The number of esters is 1. The fourth-order valence-corrected chi connectivity index (χ4v) is 3.89. The van der Waals surface area contributed by atoms with Crippen LogP contribution in [0.1, 0.15) is 32.2 Å². The van der Waals surface area contributed by atoms with E-state index in [-0.39, 0.29) is 30.2 Å². The summed E-state index contributed by atoms with van der Waals surface area (Å²) in [5, 5.41) is 7.49. The van der Waals surface area contributed by atoms with Gasteiger partial charge >= 0.3 is 5.97 Å². The van der Waals surface area contributed by atoms with Crippen molar-refractivity contribution in [3.05, 3.63) is 86.3 Å². The molecule has 0 unspecified atom stereocenters. The van der Waals surface area contributed by atoms with E-state index in [0.29, 0.717) is 27.1 Å². The third kappa shape index (κ3) is 5.46. The average Bonchev–Trinajstić information content (AvgIpc) is 3.19. The first-order chi connectivity index (χ1) is 16.3. The van der Waals surface area contributed by atoms with Crippen molar-refractivity contribution in [1.82, 2.24) is 14.6 Å². The smallest absolute Gasteiger partial charge is 0.338 e. The minimum absolute atomic E-state index is 0.165. The largest absolute Gasteiger partial charge is 0.484 e. The number of benzene rings is 2. The van der Waals surface area contributed by atoms with E-state index in [1.54, 1.807) is 25.1 Å². The number of rotatable bonds is 7. The molecule has 4 aromatic rings. The van der Waals surface area contributed by atoms with Crippen LogP contribution in [0.2, 0.25) is 0 Å². The first-order valence-corrected chi connectivity index (χ1v) is 11.2. The highest BCUT2D eigenvalue weighted by Gasteiger charge is 2.12. The van der Waals surface area contributed by atoms with Crippen molar-refractivity contribution in [2.24, 2.45) is 0 Å². The molecule has 2 aromatic heterocycles. The van der Waals surface area contributed by atoms with Gasteiger partial charge in [-0.3, -0.25) is 9.59 Å². The Morgan fingerprint density at radius 2 is 1.88 bits per heavy atom. The Morgan fingerprint density at radius 1 is 1.06 bits per heavy atom. The lowest BCUT2D eigenvalue weighted by atomic mass is 10.1. The summed E-state index contributed by atoms with van der Waals surface area (Å²) >= 11 is 1.27. The molecule has 0 bridgehead atoms. The standard InChI is InChI=1S/C24H22N4O5S/c1-14-7-8-20(9-15(14)2)32-13-21(29)25-18-6-4-5-17(10-18)23(31)33-12-19-11-22(30)28-24(26-19)34-16(3)27-28/h4-11H,12-13H2,1-3H3,(H,25,29). The number of hydrogen-bond donors (Lipinski definition) is 1. The minimum Gasteiger partial charge on any atom is -0.484 e. The molecule has 0 radical (unpaired) electrons. The van der Waals surface area contributed by atoms with E-state index >= 15 is 0 Å². The van der Waals surface area contributed by atoms with Gasteiger partial charge in [-0.2, -0.15) is 9.61 Å². The predicted molar refractivity (Wildman–Crippen MR) is 127 cm³/mol. The van der Waals surface area contributed by atoms with Crippen LogP contribution >= 0.6 is 11.3 Å². The van der Waals surface area contributed by atoms with Gasteiger partial charge in [0.2, 0.25) is 4.96 Å². The molecule has 0 atom stereocenters. The van der Waals surface area contributed by atoms with Gasteiger partial charge in [0.1, 0.15) is 17.4 Å². The number of nitrogens with one attached hydrogen (secondary N) is 1. The van der Waals surface area contributed by atoms with E-state index in [9.17, 15) is 14.4 Å². The molecule has 1 amide bonds. The zero-order valence-corrected chi connectivity index (χ0v) is 19.6. The maximum Gasteiger partial charge on any atom is 0.338 e. The summed E-state index contributed by atoms with van der Waals surface area (Å²) in [4.78, 5) is 41.6.